The van der Waals surface area contributed by atoms with Gasteiger partial charge in [0.1, 0.15) is 0 Å². The van der Waals surface area contributed by atoms with Gasteiger partial charge in [0, 0.05) is 38.5 Å². The average Bonchev–Trinajstić information content (AvgIpc) is 2.92. The second-order valence-electron chi connectivity index (χ2n) is 7.39. The van der Waals surface area contributed by atoms with Crippen LogP contribution in [0.3, 0.4) is 0 Å². The lowest BCUT2D eigenvalue weighted by atomic mass is 9.92. The topological polar surface area (TPSA) is 23.6 Å². The molecule has 3 atom stereocenters. The minimum absolute atomic E-state index is 0.174. The maximum atomic E-state index is 13.1. The van der Waals surface area contributed by atoms with E-state index in [1.165, 1.54) is 5.56 Å². The second kappa shape index (κ2) is 5.69. The van der Waals surface area contributed by atoms with Gasteiger partial charge in [0.15, 0.2) is 0 Å². The predicted molar refractivity (Wildman–Crippen MR) is 89.4 cm³/mol. The molecule has 0 bridgehead atoms. The van der Waals surface area contributed by atoms with Crippen molar-refractivity contribution in [3.63, 3.8) is 0 Å². The Morgan fingerprint density at radius 1 is 1.23 bits per heavy atom. The van der Waals surface area contributed by atoms with Crippen molar-refractivity contribution in [2.45, 2.75) is 52.2 Å². The SMILES string of the molecule is [2H][C@@]12CN(Cc3ccccc3)C[C@@H]1[C@]([2H])(CC)N(C(C)(C)C)C2=O. The number of nitrogens with zero attached hydrogens (tertiary/aromatic N) is 2. The molecule has 2 aliphatic rings. The zero-order valence-corrected chi connectivity index (χ0v) is 14.1. The number of carbonyl (C=O) groups is 1. The lowest BCUT2D eigenvalue weighted by Gasteiger charge is -2.39. The van der Waals surface area contributed by atoms with Crippen LogP contribution in [0.5, 0.6) is 0 Å². The fourth-order valence-electron chi connectivity index (χ4n) is 3.84. The van der Waals surface area contributed by atoms with Gasteiger partial charge < -0.3 is 4.90 Å². The van der Waals surface area contributed by atoms with Crippen LogP contribution in [0.1, 0.15) is 42.4 Å². The molecule has 3 rings (SSSR count). The van der Waals surface area contributed by atoms with Gasteiger partial charge >= 0.3 is 0 Å². The van der Waals surface area contributed by atoms with E-state index in [0.29, 0.717) is 19.5 Å². The van der Waals surface area contributed by atoms with E-state index in [1.54, 1.807) is 4.90 Å². The molecule has 1 amide bonds. The third kappa shape index (κ3) is 2.67. The molecular weight excluding hydrogens is 272 g/mol. The van der Waals surface area contributed by atoms with E-state index in [2.05, 4.69) is 17.0 Å². The molecule has 120 valence electrons. The molecule has 0 saturated carbocycles. The minimum Gasteiger partial charge on any atom is -0.334 e. The predicted octanol–water partition coefficient (Wildman–Crippen LogP) is 3.15. The lowest BCUT2D eigenvalue weighted by molar-refractivity contribution is -0.136. The van der Waals surface area contributed by atoms with Crippen molar-refractivity contribution in [2.75, 3.05) is 13.1 Å². The Hall–Kier alpha value is -1.35. The van der Waals surface area contributed by atoms with Gasteiger partial charge in [-0.2, -0.15) is 0 Å². The van der Waals surface area contributed by atoms with E-state index in [4.69, 9.17) is 2.74 Å². The van der Waals surface area contributed by atoms with Crippen LogP contribution in [-0.2, 0) is 11.3 Å². The van der Waals surface area contributed by atoms with Crippen LogP contribution in [0, 0.1) is 11.8 Å². The summed E-state index contributed by atoms with van der Waals surface area (Å²) < 4.78 is 18.0. The standard InChI is InChI=1S/C19H28N2O/c1-5-17-15-12-20(11-14-9-7-6-8-10-14)13-16(15)18(22)21(17)19(2,3)4/h6-10,15-17H,5,11-13H2,1-4H3/t15-,16+,17-/m0/s1/i16D,17D. The number of carbonyl (C=O) groups excluding carboxylic acids is 1. The van der Waals surface area contributed by atoms with E-state index in [0.717, 1.165) is 6.54 Å². The van der Waals surface area contributed by atoms with Gasteiger partial charge in [0.05, 0.1) is 7.26 Å². The van der Waals surface area contributed by atoms with Crippen LogP contribution in [0.2, 0.25) is 0 Å². The van der Waals surface area contributed by atoms with Crippen molar-refractivity contribution >= 4 is 5.91 Å². The lowest BCUT2D eigenvalue weighted by Crippen LogP contribution is -2.49. The van der Waals surface area contributed by atoms with E-state index >= 15 is 0 Å². The minimum atomic E-state index is -1.19. The summed E-state index contributed by atoms with van der Waals surface area (Å²) in [4.78, 5) is 17.0. The monoisotopic (exact) mass is 302 g/mol. The van der Waals surface area contributed by atoms with Crippen molar-refractivity contribution < 1.29 is 7.54 Å². The highest BCUT2D eigenvalue weighted by molar-refractivity contribution is 5.83. The van der Waals surface area contributed by atoms with Crippen LogP contribution in [0.4, 0.5) is 0 Å². The molecule has 0 N–H and O–H groups in total. The normalized spacial score (nSPS) is 37.2. The summed E-state index contributed by atoms with van der Waals surface area (Å²) in [5.41, 5.74) is 0.755. The molecule has 2 aliphatic heterocycles. The van der Waals surface area contributed by atoms with Crippen molar-refractivity contribution in [2.24, 2.45) is 11.8 Å². The first kappa shape index (κ1) is 13.1. The van der Waals surface area contributed by atoms with Gasteiger partial charge in [-0.1, -0.05) is 37.3 Å². The molecule has 0 aromatic heterocycles. The van der Waals surface area contributed by atoms with Crippen LogP contribution in [0.25, 0.3) is 0 Å². The summed E-state index contributed by atoms with van der Waals surface area (Å²) in [5.74, 6) is -1.64. The number of hydrogen-bond acceptors (Lipinski definition) is 2. The molecule has 1 aromatic rings. The number of fused-ring (bicyclic) bond motifs is 1. The van der Waals surface area contributed by atoms with Crippen LogP contribution >= 0.6 is 0 Å². The molecule has 0 unspecified atom stereocenters. The molecule has 2 saturated heterocycles. The van der Waals surface area contributed by atoms with Gasteiger partial charge in [0.25, 0.3) is 0 Å². The number of rotatable bonds is 3. The summed E-state index contributed by atoms with van der Waals surface area (Å²) in [7, 11) is 0. The summed E-state index contributed by atoms with van der Waals surface area (Å²) in [5, 5.41) is 0. The molecule has 22 heavy (non-hydrogen) atoms. The van der Waals surface area contributed by atoms with Crippen LogP contribution in [-0.4, -0.2) is 40.4 Å². The van der Waals surface area contributed by atoms with Gasteiger partial charge in [-0.05, 0) is 32.8 Å². The summed E-state index contributed by atoms with van der Waals surface area (Å²) in [6, 6.07) is 9.16. The maximum absolute atomic E-state index is 13.1. The van der Waals surface area contributed by atoms with Crippen LogP contribution < -0.4 is 0 Å². The Morgan fingerprint density at radius 3 is 2.50 bits per heavy atom. The molecule has 1 aromatic carbocycles. The van der Waals surface area contributed by atoms with E-state index in [-0.39, 0.29) is 11.8 Å². The highest BCUT2D eigenvalue weighted by Gasteiger charge is 2.54. The second-order valence-corrected chi connectivity index (χ2v) is 7.39. The van der Waals surface area contributed by atoms with E-state index < -0.39 is 17.5 Å². The Bertz CT molecular complexity index is 630. The first-order chi connectivity index (χ1) is 11.1. The summed E-state index contributed by atoms with van der Waals surface area (Å²) >= 11 is 0. The van der Waals surface area contributed by atoms with Gasteiger partial charge in [0.2, 0.25) is 5.91 Å². The fourth-order valence-corrected chi connectivity index (χ4v) is 3.84. The van der Waals surface area contributed by atoms with Crippen molar-refractivity contribution in [3.8, 4) is 0 Å². The van der Waals surface area contributed by atoms with Crippen LogP contribution in [0.15, 0.2) is 30.3 Å². The number of hydrogen-bond donors (Lipinski definition) is 0. The molecule has 3 heteroatoms. The molecule has 3 nitrogen and oxygen atoms in total. The van der Waals surface area contributed by atoms with Gasteiger partial charge in [-0.3, -0.25) is 9.69 Å². The zero-order chi connectivity index (χ0) is 17.8. The first-order valence-corrected chi connectivity index (χ1v) is 8.24. The highest BCUT2D eigenvalue weighted by Crippen LogP contribution is 2.42. The highest BCUT2D eigenvalue weighted by atomic mass is 16.2. The molecule has 2 fully saturated rings. The summed E-state index contributed by atoms with van der Waals surface area (Å²) in [6.45, 7) is 9.65. The third-order valence-corrected chi connectivity index (χ3v) is 4.70. The van der Waals surface area contributed by atoms with Crippen molar-refractivity contribution in [1.29, 1.82) is 0 Å². The number of likely N-dealkylation sites (tertiary alicyclic amines) is 2. The van der Waals surface area contributed by atoms with Crippen molar-refractivity contribution in [3.05, 3.63) is 35.9 Å². The molecule has 0 spiro atoms. The Balaban J connectivity index is 1.89. The Kier molecular flexibility index (Phi) is 3.40. The van der Waals surface area contributed by atoms with Crippen molar-refractivity contribution in [1.82, 2.24) is 9.80 Å². The Morgan fingerprint density at radius 2 is 1.91 bits per heavy atom. The largest absolute Gasteiger partial charge is 0.334 e. The molecular formula is C19H28N2O. The quantitative estimate of drug-likeness (QED) is 0.856. The molecule has 0 radical (unpaired) electrons. The van der Waals surface area contributed by atoms with Gasteiger partial charge in [-0.25, -0.2) is 0 Å². The smallest absolute Gasteiger partial charge is 0.228 e. The maximum Gasteiger partial charge on any atom is 0.228 e. The number of amides is 1. The Labute approximate surface area is 137 Å². The third-order valence-electron chi connectivity index (χ3n) is 4.70. The van der Waals surface area contributed by atoms with E-state index in [9.17, 15) is 4.79 Å². The zero-order valence-electron chi connectivity index (χ0n) is 16.1. The fraction of sp³-hybridized carbons (Fsp3) is 0.632. The molecule has 0 aliphatic carbocycles. The molecule has 2 heterocycles. The first-order valence-electron chi connectivity index (χ1n) is 9.24. The van der Waals surface area contributed by atoms with Gasteiger partial charge in [-0.15, -0.1) is 0 Å². The number of benzene rings is 1. The average molecular weight is 302 g/mol. The summed E-state index contributed by atoms with van der Waals surface area (Å²) in [6.07, 6.45) is 0.556. The van der Waals surface area contributed by atoms with E-state index in [1.807, 2.05) is 45.9 Å².